The average molecular weight is 470 g/mol. The van der Waals surface area contributed by atoms with Gasteiger partial charge in [0.05, 0.1) is 5.69 Å². The summed E-state index contributed by atoms with van der Waals surface area (Å²) in [4.78, 5) is 0.755. The highest BCUT2D eigenvalue weighted by Crippen LogP contribution is 2.31. The first kappa shape index (κ1) is 15.6. The second-order valence-electron chi connectivity index (χ2n) is 5.64. The SMILES string of the molecule is Ic1ccccc1-c1nn2c(-c3cc(-c4ccccc4)n[nH]3)nnc2s1. The number of fused-ring (bicyclic) bond motifs is 1. The second kappa shape index (κ2) is 6.29. The van der Waals surface area contributed by atoms with Gasteiger partial charge in [0.25, 0.3) is 0 Å². The van der Waals surface area contributed by atoms with Crippen LogP contribution in [0.1, 0.15) is 0 Å². The van der Waals surface area contributed by atoms with Crippen LogP contribution in [-0.2, 0) is 0 Å². The maximum Gasteiger partial charge on any atom is 0.235 e. The summed E-state index contributed by atoms with van der Waals surface area (Å²) in [6, 6.07) is 20.2. The standard InChI is InChI=1S/C18H11IN6S/c19-13-9-5-4-8-12(13)17-24-25-16(22-23-18(25)26-17)15-10-14(20-21-15)11-6-2-1-3-7-11/h1-10H,(H,20,21). The topological polar surface area (TPSA) is 71.8 Å². The van der Waals surface area contributed by atoms with E-state index in [1.165, 1.54) is 11.3 Å². The smallest absolute Gasteiger partial charge is 0.235 e. The minimum atomic E-state index is 0.656. The summed E-state index contributed by atoms with van der Waals surface area (Å²) in [6.45, 7) is 0. The van der Waals surface area contributed by atoms with E-state index >= 15 is 0 Å². The van der Waals surface area contributed by atoms with Gasteiger partial charge in [-0.3, -0.25) is 5.10 Å². The van der Waals surface area contributed by atoms with Crippen LogP contribution in [0.4, 0.5) is 0 Å². The number of H-pyrrole nitrogens is 1. The van der Waals surface area contributed by atoms with E-state index in [-0.39, 0.29) is 0 Å². The normalized spacial score (nSPS) is 11.3. The zero-order valence-electron chi connectivity index (χ0n) is 13.3. The number of hydrogen-bond donors (Lipinski definition) is 1. The Kier molecular flexibility index (Phi) is 3.79. The number of nitrogens with zero attached hydrogens (tertiary/aromatic N) is 5. The Labute approximate surface area is 166 Å². The van der Waals surface area contributed by atoms with E-state index in [9.17, 15) is 0 Å². The Morgan fingerprint density at radius 3 is 2.62 bits per heavy atom. The van der Waals surface area contributed by atoms with Gasteiger partial charge in [0.2, 0.25) is 10.8 Å². The zero-order chi connectivity index (χ0) is 17.5. The molecular weight excluding hydrogens is 459 g/mol. The van der Waals surface area contributed by atoms with Crippen LogP contribution in [-0.4, -0.2) is 30.0 Å². The molecule has 0 unspecified atom stereocenters. The third-order valence-corrected chi connectivity index (χ3v) is 5.86. The minimum absolute atomic E-state index is 0.656. The molecule has 0 amide bonds. The first-order chi connectivity index (χ1) is 12.8. The van der Waals surface area contributed by atoms with Gasteiger partial charge in [-0.25, -0.2) is 0 Å². The summed E-state index contributed by atoms with van der Waals surface area (Å²) < 4.78 is 2.93. The Morgan fingerprint density at radius 2 is 1.77 bits per heavy atom. The van der Waals surface area contributed by atoms with Crippen LogP contribution in [0.2, 0.25) is 0 Å². The lowest BCUT2D eigenvalue weighted by Crippen LogP contribution is -1.91. The number of benzene rings is 2. The van der Waals surface area contributed by atoms with Crippen molar-refractivity contribution in [1.82, 2.24) is 30.0 Å². The molecule has 8 heteroatoms. The lowest BCUT2D eigenvalue weighted by Gasteiger charge is -1.98. The Balaban J connectivity index is 1.58. The molecule has 26 heavy (non-hydrogen) atoms. The molecule has 0 aliphatic carbocycles. The third-order valence-electron chi connectivity index (χ3n) is 3.98. The summed E-state index contributed by atoms with van der Waals surface area (Å²) in [5, 5.41) is 21.6. The van der Waals surface area contributed by atoms with E-state index < -0.39 is 0 Å². The molecule has 126 valence electrons. The van der Waals surface area contributed by atoms with Crippen LogP contribution < -0.4 is 0 Å². The van der Waals surface area contributed by atoms with Crippen molar-refractivity contribution >= 4 is 38.9 Å². The Bertz CT molecular complexity index is 1210. The molecule has 0 atom stereocenters. The largest absolute Gasteiger partial charge is 0.274 e. The molecule has 3 aromatic heterocycles. The number of aromatic nitrogens is 6. The van der Waals surface area contributed by atoms with Gasteiger partial charge in [-0.15, -0.1) is 10.2 Å². The molecule has 5 aromatic rings. The van der Waals surface area contributed by atoms with E-state index in [4.69, 9.17) is 5.10 Å². The van der Waals surface area contributed by atoms with E-state index in [2.05, 4.69) is 55.1 Å². The van der Waals surface area contributed by atoms with Crippen molar-refractivity contribution in [3.05, 3.63) is 64.2 Å². The second-order valence-corrected chi connectivity index (χ2v) is 7.76. The van der Waals surface area contributed by atoms with Crippen molar-refractivity contribution in [2.24, 2.45) is 0 Å². The maximum absolute atomic E-state index is 4.72. The molecule has 2 aromatic carbocycles. The lowest BCUT2D eigenvalue weighted by molar-refractivity contribution is 0.954. The number of rotatable bonds is 3. The molecule has 0 spiro atoms. The van der Waals surface area contributed by atoms with Gasteiger partial charge < -0.3 is 0 Å². The van der Waals surface area contributed by atoms with Gasteiger partial charge in [-0.1, -0.05) is 59.9 Å². The molecule has 0 saturated heterocycles. The molecule has 5 rings (SSSR count). The van der Waals surface area contributed by atoms with Gasteiger partial charge in [0, 0.05) is 14.7 Å². The van der Waals surface area contributed by atoms with Gasteiger partial charge in [0.1, 0.15) is 10.7 Å². The lowest BCUT2D eigenvalue weighted by atomic mass is 10.1. The van der Waals surface area contributed by atoms with Crippen LogP contribution in [0, 0.1) is 3.57 Å². The van der Waals surface area contributed by atoms with Crippen LogP contribution in [0.25, 0.3) is 38.3 Å². The maximum atomic E-state index is 4.72. The molecule has 0 aliphatic heterocycles. The fourth-order valence-electron chi connectivity index (χ4n) is 2.72. The zero-order valence-corrected chi connectivity index (χ0v) is 16.3. The number of hydrogen-bond acceptors (Lipinski definition) is 5. The van der Waals surface area contributed by atoms with Crippen molar-refractivity contribution in [2.45, 2.75) is 0 Å². The molecule has 1 N–H and O–H groups in total. The predicted octanol–water partition coefficient (Wildman–Crippen LogP) is 4.51. The van der Waals surface area contributed by atoms with E-state index in [1.807, 2.05) is 48.5 Å². The van der Waals surface area contributed by atoms with Crippen molar-refractivity contribution in [1.29, 1.82) is 0 Å². The van der Waals surface area contributed by atoms with Gasteiger partial charge in [-0.2, -0.15) is 14.7 Å². The van der Waals surface area contributed by atoms with E-state index in [1.54, 1.807) is 4.52 Å². The summed E-state index contributed by atoms with van der Waals surface area (Å²) in [7, 11) is 0. The van der Waals surface area contributed by atoms with Crippen molar-refractivity contribution in [3.8, 4) is 33.3 Å². The molecule has 6 nitrogen and oxygen atoms in total. The summed E-state index contributed by atoms with van der Waals surface area (Å²) in [6.07, 6.45) is 0. The summed E-state index contributed by atoms with van der Waals surface area (Å²) in [5.41, 5.74) is 3.80. The highest BCUT2D eigenvalue weighted by molar-refractivity contribution is 14.1. The average Bonchev–Trinajstić information content (AvgIpc) is 3.38. The van der Waals surface area contributed by atoms with Gasteiger partial charge in [0.15, 0.2) is 0 Å². The van der Waals surface area contributed by atoms with Gasteiger partial charge in [-0.05, 0) is 34.7 Å². The van der Waals surface area contributed by atoms with Crippen LogP contribution in [0.3, 0.4) is 0 Å². The fraction of sp³-hybridized carbons (Fsp3) is 0. The summed E-state index contributed by atoms with van der Waals surface area (Å²) >= 11 is 3.84. The first-order valence-corrected chi connectivity index (χ1v) is 9.77. The fourth-order valence-corrected chi connectivity index (χ4v) is 4.43. The monoisotopic (exact) mass is 470 g/mol. The molecule has 0 bridgehead atoms. The van der Waals surface area contributed by atoms with E-state index in [0.29, 0.717) is 5.82 Å². The van der Waals surface area contributed by atoms with Crippen molar-refractivity contribution < 1.29 is 0 Å². The molecule has 0 radical (unpaired) electrons. The Morgan fingerprint density at radius 1 is 0.962 bits per heavy atom. The number of halogens is 1. The predicted molar refractivity (Wildman–Crippen MR) is 110 cm³/mol. The minimum Gasteiger partial charge on any atom is -0.274 e. The molecule has 0 saturated carbocycles. The molecule has 0 fully saturated rings. The number of nitrogens with one attached hydrogen (secondary N) is 1. The van der Waals surface area contributed by atoms with Crippen LogP contribution in [0.15, 0.2) is 60.7 Å². The van der Waals surface area contributed by atoms with Crippen molar-refractivity contribution in [2.75, 3.05) is 0 Å². The van der Waals surface area contributed by atoms with Gasteiger partial charge >= 0.3 is 0 Å². The third kappa shape index (κ3) is 2.61. The molecular formula is C18H11IN6S. The van der Waals surface area contributed by atoms with Crippen molar-refractivity contribution in [3.63, 3.8) is 0 Å². The number of aromatic amines is 1. The molecule has 0 aliphatic rings. The van der Waals surface area contributed by atoms with E-state index in [0.717, 1.165) is 36.1 Å². The Hall–Kier alpha value is -2.59. The highest BCUT2D eigenvalue weighted by Gasteiger charge is 2.17. The quantitative estimate of drug-likeness (QED) is 0.394. The first-order valence-electron chi connectivity index (χ1n) is 7.88. The summed E-state index contributed by atoms with van der Waals surface area (Å²) in [5.74, 6) is 0.656. The highest BCUT2D eigenvalue weighted by atomic mass is 127. The van der Waals surface area contributed by atoms with Crippen LogP contribution >= 0.6 is 33.9 Å². The molecule has 3 heterocycles. The van der Waals surface area contributed by atoms with Crippen LogP contribution in [0.5, 0.6) is 0 Å².